The Labute approximate surface area is 96.2 Å². The van der Waals surface area contributed by atoms with Gasteiger partial charge in [-0.25, -0.2) is 0 Å². The Kier molecular flexibility index (Phi) is 4.36. The summed E-state index contributed by atoms with van der Waals surface area (Å²) in [6.45, 7) is 8.16. The molecule has 1 rings (SSSR count). The summed E-state index contributed by atoms with van der Waals surface area (Å²) < 4.78 is 0. The van der Waals surface area contributed by atoms with Gasteiger partial charge in [-0.3, -0.25) is 4.98 Å². The molecule has 0 fully saturated rings. The second-order valence-corrected chi connectivity index (χ2v) is 4.87. The molecule has 1 heterocycles. The van der Waals surface area contributed by atoms with E-state index in [0.29, 0.717) is 5.02 Å². The summed E-state index contributed by atoms with van der Waals surface area (Å²) in [4.78, 5) is 4.01. The third-order valence-electron chi connectivity index (χ3n) is 1.86. The SMILES string of the molecule is CC(C)(C)NCCNc1cnccc1Cl. The van der Waals surface area contributed by atoms with Crippen molar-refractivity contribution in [3.8, 4) is 0 Å². The predicted molar refractivity (Wildman–Crippen MR) is 65.5 cm³/mol. The standard InChI is InChI=1S/C11H18ClN3/c1-11(2,3)15-7-6-14-10-8-13-5-4-9(10)12/h4-5,8,14-15H,6-7H2,1-3H3. The molecule has 84 valence electrons. The summed E-state index contributed by atoms with van der Waals surface area (Å²) in [5.41, 5.74) is 1.04. The summed E-state index contributed by atoms with van der Waals surface area (Å²) in [7, 11) is 0. The molecule has 0 aliphatic carbocycles. The third-order valence-corrected chi connectivity index (χ3v) is 2.19. The van der Waals surface area contributed by atoms with E-state index in [-0.39, 0.29) is 5.54 Å². The number of halogens is 1. The van der Waals surface area contributed by atoms with Crippen LogP contribution in [0, 0.1) is 0 Å². The van der Waals surface area contributed by atoms with Gasteiger partial charge in [-0.15, -0.1) is 0 Å². The van der Waals surface area contributed by atoms with Crippen molar-refractivity contribution in [2.75, 3.05) is 18.4 Å². The molecule has 15 heavy (non-hydrogen) atoms. The van der Waals surface area contributed by atoms with Crippen molar-refractivity contribution in [1.29, 1.82) is 0 Å². The number of rotatable bonds is 4. The quantitative estimate of drug-likeness (QED) is 0.777. The summed E-state index contributed by atoms with van der Waals surface area (Å²) in [6, 6.07) is 1.78. The van der Waals surface area contributed by atoms with Crippen molar-refractivity contribution in [2.45, 2.75) is 26.3 Å². The molecule has 3 nitrogen and oxygen atoms in total. The average Bonchev–Trinajstić information content (AvgIpc) is 2.13. The van der Waals surface area contributed by atoms with Crippen LogP contribution in [0.3, 0.4) is 0 Å². The Balaban J connectivity index is 2.30. The lowest BCUT2D eigenvalue weighted by Gasteiger charge is -2.20. The minimum Gasteiger partial charge on any atom is -0.381 e. The first-order chi connectivity index (χ1) is 6.99. The van der Waals surface area contributed by atoms with Gasteiger partial charge in [-0.1, -0.05) is 11.6 Å². The fourth-order valence-electron chi connectivity index (χ4n) is 1.14. The van der Waals surface area contributed by atoms with Gasteiger partial charge in [0.15, 0.2) is 0 Å². The zero-order valence-corrected chi connectivity index (χ0v) is 10.2. The van der Waals surface area contributed by atoms with Gasteiger partial charge in [0.2, 0.25) is 0 Å². The van der Waals surface area contributed by atoms with E-state index in [1.54, 1.807) is 18.5 Å². The maximum absolute atomic E-state index is 5.97. The number of pyridine rings is 1. The first kappa shape index (κ1) is 12.3. The van der Waals surface area contributed by atoms with Crippen LogP contribution >= 0.6 is 11.6 Å². The summed E-state index contributed by atoms with van der Waals surface area (Å²) in [6.07, 6.45) is 3.42. The van der Waals surface area contributed by atoms with Crippen LogP contribution in [-0.2, 0) is 0 Å². The lowest BCUT2D eigenvalue weighted by Crippen LogP contribution is -2.38. The van der Waals surface area contributed by atoms with Crippen molar-refractivity contribution in [3.05, 3.63) is 23.5 Å². The zero-order chi connectivity index (χ0) is 11.3. The number of aromatic nitrogens is 1. The minimum atomic E-state index is 0.153. The summed E-state index contributed by atoms with van der Waals surface area (Å²) in [5, 5.41) is 7.32. The molecule has 1 aromatic rings. The van der Waals surface area contributed by atoms with Gasteiger partial charge in [0.25, 0.3) is 0 Å². The third kappa shape index (κ3) is 5.00. The van der Waals surface area contributed by atoms with E-state index in [9.17, 15) is 0 Å². The van der Waals surface area contributed by atoms with E-state index in [1.165, 1.54) is 0 Å². The Bertz CT molecular complexity index is 307. The molecule has 0 radical (unpaired) electrons. The molecule has 0 atom stereocenters. The van der Waals surface area contributed by atoms with E-state index in [2.05, 4.69) is 36.4 Å². The highest BCUT2D eigenvalue weighted by molar-refractivity contribution is 6.33. The van der Waals surface area contributed by atoms with Gasteiger partial charge in [0.1, 0.15) is 0 Å². The molecule has 0 bridgehead atoms. The van der Waals surface area contributed by atoms with E-state index in [4.69, 9.17) is 11.6 Å². The van der Waals surface area contributed by atoms with Crippen LogP contribution in [0.5, 0.6) is 0 Å². The van der Waals surface area contributed by atoms with Gasteiger partial charge in [-0.2, -0.15) is 0 Å². The molecule has 0 unspecified atom stereocenters. The van der Waals surface area contributed by atoms with Crippen LogP contribution in [0.2, 0.25) is 5.02 Å². The predicted octanol–water partition coefficient (Wildman–Crippen LogP) is 2.54. The molecule has 0 aromatic carbocycles. The molecule has 2 N–H and O–H groups in total. The van der Waals surface area contributed by atoms with Gasteiger partial charge in [0.05, 0.1) is 16.9 Å². The smallest absolute Gasteiger partial charge is 0.0716 e. The number of hydrogen-bond donors (Lipinski definition) is 2. The molecule has 0 saturated heterocycles. The van der Waals surface area contributed by atoms with E-state index in [0.717, 1.165) is 18.8 Å². The zero-order valence-electron chi connectivity index (χ0n) is 9.47. The molecule has 4 heteroatoms. The maximum Gasteiger partial charge on any atom is 0.0716 e. The molecule has 0 saturated carbocycles. The van der Waals surface area contributed by atoms with Gasteiger partial charge in [0, 0.05) is 24.8 Å². The lowest BCUT2D eigenvalue weighted by molar-refractivity contribution is 0.435. The van der Waals surface area contributed by atoms with E-state index >= 15 is 0 Å². The van der Waals surface area contributed by atoms with Crippen molar-refractivity contribution < 1.29 is 0 Å². The van der Waals surface area contributed by atoms with Crippen LogP contribution in [-0.4, -0.2) is 23.6 Å². The van der Waals surface area contributed by atoms with Crippen molar-refractivity contribution in [1.82, 2.24) is 10.3 Å². The van der Waals surface area contributed by atoms with Gasteiger partial charge in [-0.05, 0) is 26.8 Å². The molecular formula is C11H18ClN3. The normalized spacial score (nSPS) is 11.5. The molecule has 0 aliphatic rings. The fraction of sp³-hybridized carbons (Fsp3) is 0.545. The van der Waals surface area contributed by atoms with Gasteiger partial charge < -0.3 is 10.6 Å². The first-order valence-electron chi connectivity index (χ1n) is 5.07. The molecule has 0 aliphatic heterocycles. The van der Waals surface area contributed by atoms with Crippen molar-refractivity contribution >= 4 is 17.3 Å². The monoisotopic (exact) mass is 227 g/mol. The first-order valence-corrected chi connectivity index (χ1v) is 5.45. The highest BCUT2D eigenvalue weighted by Gasteiger charge is 2.07. The fourth-order valence-corrected chi connectivity index (χ4v) is 1.31. The van der Waals surface area contributed by atoms with Gasteiger partial charge >= 0.3 is 0 Å². The van der Waals surface area contributed by atoms with Crippen molar-refractivity contribution in [2.24, 2.45) is 0 Å². The molecule has 1 aromatic heterocycles. The average molecular weight is 228 g/mol. The van der Waals surface area contributed by atoms with Crippen LogP contribution in [0.15, 0.2) is 18.5 Å². The van der Waals surface area contributed by atoms with Crippen LogP contribution in [0.1, 0.15) is 20.8 Å². The number of nitrogens with zero attached hydrogens (tertiary/aromatic N) is 1. The molecule has 0 spiro atoms. The molecular weight excluding hydrogens is 210 g/mol. The summed E-state index contributed by atoms with van der Waals surface area (Å²) in [5.74, 6) is 0. The maximum atomic E-state index is 5.97. The van der Waals surface area contributed by atoms with E-state index < -0.39 is 0 Å². The molecule has 0 amide bonds. The number of anilines is 1. The second kappa shape index (κ2) is 5.33. The second-order valence-electron chi connectivity index (χ2n) is 4.46. The number of hydrogen-bond acceptors (Lipinski definition) is 3. The minimum absolute atomic E-state index is 0.153. The van der Waals surface area contributed by atoms with Crippen LogP contribution < -0.4 is 10.6 Å². The van der Waals surface area contributed by atoms with E-state index in [1.807, 2.05) is 0 Å². The Morgan fingerprint density at radius 1 is 1.33 bits per heavy atom. The van der Waals surface area contributed by atoms with Crippen molar-refractivity contribution in [3.63, 3.8) is 0 Å². The Morgan fingerprint density at radius 3 is 2.67 bits per heavy atom. The Hall–Kier alpha value is -0.800. The Morgan fingerprint density at radius 2 is 2.07 bits per heavy atom. The van der Waals surface area contributed by atoms with Crippen LogP contribution in [0.25, 0.3) is 0 Å². The number of nitrogens with one attached hydrogen (secondary N) is 2. The highest BCUT2D eigenvalue weighted by Crippen LogP contribution is 2.18. The summed E-state index contributed by atoms with van der Waals surface area (Å²) >= 11 is 5.97. The highest BCUT2D eigenvalue weighted by atomic mass is 35.5. The largest absolute Gasteiger partial charge is 0.381 e. The topological polar surface area (TPSA) is 37.0 Å². The van der Waals surface area contributed by atoms with Crippen LogP contribution in [0.4, 0.5) is 5.69 Å². The lowest BCUT2D eigenvalue weighted by atomic mass is 10.1.